The Morgan fingerprint density at radius 1 is 0.686 bits per heavy atom. The molecule has 35 heavy (non-hydrogen) atoms. The molecule has 0 fully saturated rings. The molecule has 0 radical (unpaired) electrons. The topological polar surface area (TPSA) is 77.9 Å². The molecule has 6 nitrogen and oxygen atoms in total. The van der Waals surface area contributed by atoms with Crippen molar-refractivity contribution in [2.45, 2.75) is 142 Å². The predicted octanol–water partition coefficient (Wildman–Crippen LogP) is 7.08. The van der Waals surface area contributed by atoms with Crippen LogP contribution in [-0.4, -0.2) is 67.7 Å². The molecule has 0 aromatic rings. The van der Waals surface area contributed by atoms with Crippen molar-refractivity contribution in [3.63, 3.8) is 0 Å². The van der Waals surface area contributed by atoms with Crippen molar-refractivity contribution in [2.75, 3.05) is 32.9 Å². The highest BCUT2D eigenvalue weighted by molar-refractivity contribution is 7.89. The minimum atomic E-state index is -3.47. The van der Waals surface area contributed by atoms with Crippen LogP contribution in [0.2, 0.25) is 0 Å². The first-order valence-electron chi connectivity index (χ1n) is 14.6. The number of carboxylic acids is 1. The lowest BCUT2D eigenvalue weighted by molar-refractivity contribution is -0.138. The summed E-state index contributed by atoms with van der Waals surface area (Å²) in [6.45, 7) is 5.63. The first-order valence-corrected chi connectivity index (χ1v) is 16.2. The van der Waals surface area contributed by atoms with Gasteiger partial charge in [-0.3, -0.25) is 4.79 Å². The molecule has 1 atom stereocenters. The van der Waals surface area contributed by atoms with Crippen LogP contribution in [0.3, 0.4) is 0 Å². The van der Waals surface area contributed by atoms with Crippen molar-refractivity contribution in [3.8, 4) is 0 Å². The van der Waals surface area contributed by atoms with Gasteiger partial charge in [0.1, 0.15) is 0 Å². The van der Waals surface area contributed by atoms with E-state index in [1.165, 1.54) is 64.2 Å². The number of carboxylic acid groups (broad SMARTS) is 1. The third kappa shape index (κ3) is 20.1. The zero-order chi connectivity index (χ0) is 26.4. The van der Waals surface area contributed by atoms with Gasteiger partial charge in [-0.2, -0.15) is 4.31 Å². The number of nitrogens with zero attached hydrogens (tertiary/aromatic N) is 2. The van der Waals surface area contributed by atoms with Gasteiger partial charge in [-0.05, 0) is 39.9 Å². The number of hydrogen-bond donors (Lipinski definition) is 1. The van der Waals surface area contributed by atoms with E-state index in [1.54, 1.807) is 4.31 Å². The second-order valence-electron chi connectivity index (χ2n) is 10.6. The summed E-state index contributed by atoms with van der Waals surface area (Å²) >= 11 is 0. The second-order valence-corrected chi connectivity index (χ2v) is 12.6. The molecule has 0 saturated carbocycles. The summed E-state index contributed by atoms with van der Waals surface area (Å²) in [5.74, 6) is -0.772. The van der Waals surface area contributed by atoms with Gasteiger partial charge in [-0.1, -0.05) is 110 Å². The SMILES string of the molecule is CCCCCCCCCCCS(=O)(=O)N(CCCN(C)C)C(CCCCCCCCC)CC(=O)O. The lowest BCUT2D eigenvalue weighted by atomic mass is 10.0. The third-order valence-corrected chi connectivity index (χ3v) is 8.81. The minimum Gasteiger partial charge on any atom is -0.481 e. The maximum absolute atomic E-state index is 13.4. The highest BCUT2D eigenvalue weighted by atomic mass is 32.2. The van der Waals surface area contributed by atoms with Crippen LogP contribution in [0, 0.1) is 0 Å². The van der Waals surface area contributed by atoms with Gasteiger partial charge in [-0.15, -0.1) is 0 Å². The lowest BCUT2D eigenvalue weighted by Gasteiger charge is -2.31. The average Bonchev–Trinajstić information content (AvgIpc) is 2.79. The highest BCUT2D eigenvalue weighted by Crippen LogP contribution is 2.21. The van der Waals surface area contributed by atoms with Crippen molar-refractivity contribution in [3.05, 3.63) is 0 Å². The van der Waals surface area contributed by atoms with Gasteiger partial charge in [0.2, 0.25) is 10.0 Å². The molecular formula is C28H58N2O4S. The maximum Gasteiger partial charge on any atom is 0.304 e. The van der Waals surface area contributed by atoms with Gasteiger partial charge in [0.05, 0.1) is 12.2 Å². The molecule has 0 aliphatic rings. The van der Waals surface area contributed by atoms with E-state index in [9.17, 15) is 18.3 Å². The summed E-state index contributed by atoms with van der Waals surface area (Å²) in [4.78, 5) is 13.7. The van der Waals surface area contributed by atoms with E-state index in [4.69, 9.17) is 0 Å². The Kier molecular flexibility index (Phi) is 22.1. The largest absolute Gasteiger partial charge is 0.481 e. The molecule has 0 spiro atoms. The van der Waals surface area contributed by atoms with Crippen LogP contribution in [0.1, 0.15) is 136 Å². The lowest BCUT2D eigenvalue weighted by Crippen LogP contribution is -2.44. The average molecular weight is 519 g/mol. The van der Waals surface area contributed by atoms with Gasteiger partial charge in [-0.25, -0.2) is 8.42 Å². The number of unbranched alkanes of at least 4 members (excludes halogenated alkanes) is 14. The van der Waals surface area contributed by atoms with Crippen LogP contribution in [0.5, 0.6) is 0 Å². The van der Waals surface area contributed by atoms with Gasteiger partial charge in [0.25, 0.3) is 0 Å². The Hall–Kier alpha value is -0.660. The fourth-order valence-electron chi connectivity index (χ4n) is 4.69. The summed E-state index contributed by atoms with van der Waals surface area (Å²) in [6.07, 6.45) is 19.5. The number of carbonyl (C=O) groups is 1. The minimum absolute atomic E-state index is 0.102. The van der Waals surface area contributed by atoms with Crippen LogP contribution in [0.15, 0.2) is 0 Å². The highest BCUT2D eigenvalue weighted by Gasteiger charge is 2.30. The third-order valence-electron chi connectivity index (χ3n) is 6.81. The molecule has 0 heterocycles. The zero-order valence-corrected chi connectivity index (χ0v) is 24.4. The molecule has 0 aliphatic heterocycles. The quantitative estimate of drug-likeness (QED) is 0.124. The molecule has 0 amide bonds. The van der Waals surface area contributed by atoms with Crippen molar-refractivity contribution < 1.29 is 18.3 Å². The molecule has 0 aromatic carbocycles. The number of hydrogen-bond acceptors (Lipinski definition) is 4. The molecule has 0 aromatic heterocycles. The predicted molar refractivity (Wildman–Crippen MR) is 150 cm³/mol. The molecule has 1 N–H and O–H groups in total. The van der Waals surface area contributed by atoms with Gasteiger partial charge in [0.15, 0.2) is 0 Å². The number of sulfonamides is 1. The van der Waals surface area contributed by atoms with Crippen molar-refractivity contribution in [1.29, 1.82) is 0 Å². The van der Waals surface area contributed by atoms with Crippen LogP contribution < -0.4 is 0 Å². The maximum atomic E-state index is 13.4. The standard InChI is InChI=1S/C28H58N2O4S/c1-5-7-9-11-13-14-16-18-20-25-35(33,34)30(24-21-23-29(3)4)27(26-28(31)32)22-19-17-15-12-10-8-6-2/h27H,5-26H2,1-4H3,(H,31,32). The van der Waals surface area contributed by atoms with Crippen molar-refractivity contribution in [2.24, 2.45) is 0 Å². The molecule has 0 aliphatic carbocycles. The summed E-state index contributed by atoms with van der Waals surface area (Å²) in [5, 5.41) is 9.53. The van der Waals surface area contributed by atoms with E-state index < -0.39 is 22.0 Å². The molecule has 7 heteroatoms. The zero-order valence-electron chi connectivity index (χ0n) is 23.6. The summed E-state index contributed by atoms with van der Waals surface area (Å²) in [5.41, 5.74) is 0. The van der Waals surface area contributed by atoms with Gasteiger partial charge < -0.3 is 10.0 Å². The van der Waals surface area contributed by atoms with Gasteiger partial charge >= 0.3 is 5.97 Å². The molecule has 0 rings (SSSR count). The number of aliphatic carboxylic acids is 1. The smallest absolute Gasteiger partial charge is 0.304 e. The van der Waals surface area contributed by atoms with Crippen LogP contribution >= 0.6 is 0 Å². The molecular weight excluding hydrogens is 460 g/mol. The number of rotatable bonds is 26. The Morgan fingerprint density at radius 3 is 1.60 bits per heavy atom. The Morgan fingerprint density at radius 2 is 1.14 bits per heavy atom. The van der Waals surface area contributed by atoms with Gasteiger partial charge in [0, 0.05) is 12.6 Å². The molecule has 0 saturated heterocycles. The van der Waals surface area contributed by atoms with Crippen molar-refractivity contribution >= 4 is 16.0 Å². The summed E-state index contributed by atoms with van der Waals surface area (Å²) in [6, 6.07) is -0.436. The van der Waals surface area contributed by atoms with Crippen molar-refractivity contribution in [1.82, 2.24) is 9.21 Å². The normalized spacial score (nSPS) is 13.1. The second kappa shape index (κ2) is 22.5. The molecule has 0 bridgehead atoms. The monoisotopic (exact) mass is 518 g/mol. The Labute approximate surface area is 218 Å². The Balaban J connectivity index is 4.85. The molecule has 210 valence electrons. The fourth-order valence-corrected chi connectivity index (χ4v) is 6.54. The Bertz CT molecular complexity index is 596. The van der Waals surface area contributed by atoms with Crippen LogP contribution in [0.25, 0.3) is 0 Å². The summed E-state index contributed by atoms with van der Waals surface area (Å²) < 4.78 is 28.3. The van der Waals surface area contributed by atoms with E-state index in [0.29, 0.717) is 19.4 Å². The summed E-state index contributed by atoms with van der Waals surface area (Å²) in [7, 11) is 0.488. The van der Waals surface area contributed by atoms with Crippen LogP contribution in [0.4, 0.5) is 0 Å². The van der Waals surface area contributed by atoms with E-state index in [2.05, 4.69) is 13.8 Å². The fraction of sp³-hybridized carbons (Fsp3) is 0.964. The van der Waals surface area contributed by atoms with E-state index in [-0.39, 0.29) is 12.2 Å². The van der Waals surface area contributed by atoms with E-state index >= 15 is 0 Å². The van der Waals surface area contributed by atoms with E-state index in [0.717, 1.165) is 45.1 Å². The van der Waals surface area contributed by atoms with E-state index in [1.807, 2.05) is 19.0 Å². The molecule has 1 unspecified atom stereocenters. The first-order chi connectivity index (χ1) is 16.7. The van der Waals surface area contributed by atoms with Crippen LogP contribution in [-0.2, 0) is 14.8 Å². The first kappa shape index (κ1) is 34.3.